The van der Waals surface area contributed by atoms with Crippen LogP contribution in [0.4, 0.5) is 28.4 Å². The van der Waals surface area contributed by atoms with Crippen LogP contribution in [0.1, 0.15) is 209 Å². The minimum atomic E-state index is 0.0294. The summed E-state index contributed by atoms with van der Waals surface area (Å²) in [6, 6.07) is 38.0. The van der Waals surface area contributed by atoms with Gasteiger partial charge in [0.05, 0.1) is 5.69 Å². The number of nitrogens with zero attached hydrogens (tertiary/aromatic N) is 2. The van der Waals surface area contributed by atoms with E-state index in [2.05, 4.69) is 225 Å². The summed E-state index contributed by atoms with van der Waals surface area (Å²) in [4.78, 5) is 5.55. The van der Waals surface area contributed by atoms with E-state index in [0.29, 0.717) is 0 Å². The van der Waals surface area contributed by atoms with Crippen molar-refractivity contribution in [2.24, 2.45) is 0 Å². The summed E-state index contributed by atoms with van der Waals surface area (Å²) in [6.07, 6.45) is 8.07. The van der Waals surface area contributed by atoms with Gasteiger partial charge in [-0.15, -0.1) is 0 Å². The molecule has 3 heteroatoms. The topological polar surface area (TPSA) is 6.48 Å². The van der Waals surface area contributed by atoms with E-state index in [1.54, 1.807) is 22.2 Å². The predicted octanol–water partition coefficient (Wildman–Crippen LogP) is 17.7. The highest BCUT2D eigenvalue weighted by Gasteiger charge is 2.51. The molecular formula is C70H83BN2. The fourth-order valence-corrected chi connectivity index (χ4v) is 15.1. The van der Waals surface area contributed by atoms with Gasteiger partial charge in [0.1, 0.15) is 0 Å². The molecular weight excluding hydrogens is 880 g/mol. The van der Waals surface area contributed by atoms with E-state index in [4.69, 9.17) is 0 Å². The van der Waals surface area contributed by atoms with Crippen molar-refractivity contribution < 1.29 is 0 Å². The van der Waals surface area contributed by atoms with Gasteiger partial charge in [0.25, 0.3) is 0 Å². The number of fused-ring (bicyclic) bond motifs is 8. The third-order valence-corrected chi connectivity index (χ3v) is 20.1. The van der Waals surface area contributed by atoms with Gasteiger partial charge >= 0.3 is 0 Å². The van der Waals surface area contributed by atoms with Crippen LogP contribution < -0.4 is 20.7 Å². The Hall–Kier alpha value is -5.28. The molecule has 0 fully saturated rings. The Labute approximate surface area is 441 Å². The zero-order chi connectivity index (χ0) is 52.1. The van der Waals surface area contributed by atoms with Crippen LogP contribution >= 0.6 is 0 Å². The van der Waals surface area contributed by atoms with Gasteiger partial charge < -0.3 is 9.80 Å². The lowest BCUT2D eigenvalue weighted by Gasteiger charge is -2.48. The number of allylic oxidation sites excluding steroid dienone is 1. The van der Waals surface area contributed by atoms with Crippen LogP contribution in [0, 0.1) is 20.8 Å². The summed E-state index contributed by atoms with van der Waals surface area (Å²) in [5.74, 6) is 0. The van der Waals surface area contributed by atoms with E-state index in [1.807, 2.05) is 0 Å². The Balaban J connectivity index is 1.23. The molecule has 0 bridgehead atoms. The highest BCUT2D eigenvalue weighted by atomic mass is 15.2. The second-order valence-corrected chi connectivity index (χ2v) is 29.2. The van der Waals surface area contributed by atoms with Crippen molar-refractivity contribution in [1.29, 1.82) is 0 Å². The monoisotopic (exact) mass is 963 g/mol. The van der Waals surface area contributed by atoms with Crippen LogP contribution in [0.25, 0.3) is 16.8 Å². The first-order valence-corrected chi connectivity index (χ1v) is 28.2. The molecule has 2 heterocycles. The Morgan fingerprint density at radius 2 is 0.890 bits per heavy atom. The number of benzene rings is 6. The highest BCUT2D eigenvalue weighted by molar-refractivity contribution is 6.96. The van der Waals surface area contributed by atoms with Gasteiger partial charge in [-0.1, -0.05) is 152 Å². The quantitative estimate of drug-likeness (QED) is 0.163. The zero-order valence-corrected chi connectivity index (χ0v) is 48.1. The molecule has 73 heavy (non-hydrogen) atoms. The Kier molecular flexibility index (Phi) is 10.3. The molecule has 6 aromatic rings. The third kappa shape index (κ3) is 7.15. The van der Waals surface area contributed by atoms with Crippen molar-refractivity contribution in [2.75, 3.05) is 9.80 Å². The van der Waals surface area contributed by atoms with Gasteiger partial charge in [0, 0.05) is 39.6 Å². The van der Waals surface area contributed by atoms with E-state index < -0.39 is 0 Å². The largest absolute Gasteiger partial charge is 0.311 e. The van der Waals surface area contributed by atoms with Crippen molar-refractivity contribution >= 4 is 51.8 Å². The van der Waals surface area contributed by atoms with Gasteiger partial charge in [0.2, 0.25) is 6.71 Å². The highest BCUT2D eigenvalue weighted by Crippen LogP contribution is 2.58. The number of rotatable bonds is 3. The summed E-state index contributed by atoms with van der Waals surface area (Å²) in [5, 5.41) is 0. The normalized spacial score (nSPS) is 20.9. The molecule has 4 aliphatic carbocycles. The first-order valence-electron chi connectivity index (χ1n) is 28.2. The van der Waals surface area contributed by atoms with Crippen LogP contribution in [-0.4, -0.2) is 6.71 Å². The van der Waals surface area contributed by atoms with E-state index in [1.165, 1.54) is 145 Å². The zero-order valence-electron chi connectivity index (χ0n) is 48.1. The van der Waals surface area contributed by atoms with Crippen molar-refractivity contribution in [3.8, 4) is 11.1 Å². The Morgan fingerprint density at radius 3 is 1.40 bits per heavy atom. The van der Waals surface area contributed by atoms with Gasteiger partial charge in [0.15, 0.2) is 0 Å². The number of aryl methyl sites for hydroxylation is 3. The van der Waals surface area contributed by atoms with Crippen LogP contribution in [-0.2, 0) is 44.3 Å². The molecule has 12 rings (SSSR count). The van der Waals surface area contributed by atoms with Crippen LogP contribution in [0.15, 0.2) is 96.5 Å². The molecule has 2 aliphatic heterocycles. The predicted molar refractivity (Wildman–Crippen MR) is 316 cm³/mol. The summed E-state index contributed by atoms with van der Waals surface area (Å²) in [5.41, 5.74) is 33.1. The second kappa shape index (κ2) is 15.4. The fraction of sp³-hybridized carbons (Fsp3) is 0.457. The van der Waals surface area contributed by atoms with Crippen molar-refractivity contribution in [3.63, 3.8) is 0 Å². The maximum Gasteiger partial charge on any atom is 0.247 e. The van der Waals surface area contributed by atoms with Crippen molar-refractivity contribution in [3.05, 3.63) is 163 Å². The SMILES string of the molecule is Cc1cc2c3c(c1)N(c1cc4c(cc1-c1c(C)cccc1C)C(C)(C)CCC4(C)C)c1cc4c(cc1B3C1=C(c3cc5c(cc3C1)C(C)(C)CCC5(C)C)N2c1ccc(C(C)(C)C)cc1)C(C)(C)CCC4(C)C. The first-order chi connectivity index (χ1) is 34.0. The smallest absolute Gasteiger partial charge is 0.247 e. The maximum absolute atomic E-state index is 2.81. The van der Waals surface area contributed by atoms with Crippen LogP contribution in [0.5, 0.6) is 0 Å². The molecule has 0 atom stereocenters. The van der Waals surface area contributed by atoms with Crippen molar-refractivity contribution in [1.82, 2.24) is 0 Å². The standard InChI is InChI=1S/C70H83BN2/c1-41-32-59-62-60(33-41)73(57-39-53-51(67(11,12)28-30-69(53,15)16)37-48(57)61-42(2)20-19-21-43(61)3)58-40-54-52(68(13,14)29-31-70(54,17)18)38-55(58)71(62)56-35-44-34-49-50(66(9,10)27-26-65(49,7)8)36-47(44)63(56)72(59)46-24-22-45(23-25-46)64(4,5)6/h19-25,32-34,36-40H,26-31,35H2,1-18H3. The van der Waals surface area contributed by atoms with E-state index in [-0.39, 0.29) is 44.6 Å². The summed E-state index contributed by atoms with van der Waals surface area (Å²) < 4.78 is 0. The maximum atomic E-state index is 2.81. The minimum absolute atomic E-state index is 0.0294. The van der Waals surface area contributed by atoms with Gasteiger partial charge in [-0.3, -0.25) is 0 Å². The third-order valence-electron chi connectivity index (χ3n) is 20.1. The van der Waals surface area contributed by atoms with Crippen LogP contribution in [0.3, 0.4) is 0 Å². The average Bonchev–Trinajstić information content (AvgIpc) is 3.68. The molecule has 6 aromatic carbocycles. The fourth-order valence-electron chi connectivity index (χ4n) is 15.1. The molecule has 0 unspecified atom stereocenters. The summed E-state index contributed by atoms with van der Waals surface area (Å²) in [6.45, 7) is 44.2. The molecule has 6 aliphatic rings. The molecule has 0 spiro atoms. The summed E-state index contributed by atoms with van der Waals surface area (Å²) >= 11 is 0. The molecule has 0 amide bonds. The molecule has 0 N–H and O–H groups in total. The molecule has 0 saturated heterocycles. The number of hydrogen-bond acceptors (Lipinski definition) is 2. The van der Waals surface area contributed by atoms with E-state index >= 15 is 0 Å². The second-order valence-electron chi connectivity index (χ2n) is 29.2. The molecule has 0 radical (unpaired) electrons. The van der Waals surface area contributed by atoms with Gasteiger partial charge in [-0.25, -0.2) is 0 Å². The Morgan fingerprint density at radius 1 is 0.452 bits per heavy atom. The Bertz CT molecular complexity index is 3370. The number of anilines is 5. The van der Waals surface area contributed by atoms with Gasteiger partial charge in [-0.05, 0) is 230 Å². The molecule has 2 nitrogen and oxygen atoms in total. The first kappa shape index (κ1) is 48.7. The minimum Gasteiger partial charge on any atom is -0.311 e. The molecule has 0 saturated carbocycles. The lowest BCUT2D eigenvalue weighted by atomic mass is 9.32. The van der Waals surface area contributed by atoms with E-state index in [9.17, 15) is 0 Å². The van der Waals surface area contributed by atoms with Gasteiger partial charge in [-0.2, -0.15) is 0 Å². The average molecular weight is 963 g/mol. The lowest BCUT2D eigenvalue weighted by molar-refractivity contribution is 0.331. The molecule has 376 valence electrons. The summed E-state index contributed by atoms with van der Waals surface area (Å²) in [7, 11) is 0. The lowest BCUT2D eigenvalue weighted by Crippen LogP contribution is -2.56. The molecule has 0 aromatic heterocycles. The van der Waals surface area contributed by atoms with Crippen LogP contribution in [0.2, 0.25) is 0 Å². The van der Waals surface area contributed by atoms with E-state index in [0.717, 1.165) is 6.42 Å². The van der Waals surface area contributed by atoms with Crippen molar-refractivity contribution in [2.45, 2.75) is 207 Å². The number of hydrogen-bond donors (Lipinski definition) is 0.